The summed E-state index contributed by atoms with van der Waals surface area (Å²) in [6, 6.07) is 6.51. The lowest BCUT2D eigenvalue weighted by atomic mass is 10.1. The van der Waals surface area contributed by atoms with E-state index in [9.17, 15) is 9.59 Å². The molecule has 0 unspecified atom stereocenters. The molecule has 5 nitrogen and oxygen atoms in total. The third kappa shape index (κ3) is 4.83. The number of aliphatic hydroxyl groups excluding tert-OH is 1. The van der Waals surface area contributed by atoms with Gasteiger partial charge in [0.15, 0.2) is 0 Å². The van der Waals surface area contributed by atoms with Crippen molar-refractivity contribution in [3.05, 3.63) is 34.9 Å². The maximum absolute atomic E-state index is 11.9. The molecule has 1 rings (SSSR count). The van der Waals surface area contributed by atoms with E-state index in [0.29, 0.717) is 11.6 Å². The van der Waals surface area contributed by atoms with Crippen molar-refractivity contribution in [3.63, 3.8) is 0 Å². The fourth-order valence-corrected chi connectivity index (χ4v) is 1.90. The molecule has 110 valence electrons. The predicted octanol–water partition coefficient (Wildman–Crippen LogP) is 1.19. The molecule has 1 aromatic rings. The monoisotopic (exact) mass is 298 g/mol. The minimum atomic E-state index is -0.602. The summed E-state index contributed by atoms with van der Waals surface area (Å²) in [4.78, 5) is 25.0. The SMILES string of the molecule is CC(=O)N(Cc1ccc(Cl)cc1)[C@H](C)C(=O)NCCO. The fraction of sp³-hybridized carbons (Fsp3) is 0.429. The minimum absolute atomic E-state index is 0.129. The van der Waals surface area contributed by atoms with Gasteiger partial charge < -0.3 is 15.3 Å². The van der Waals surface area contributed by atoms with Crippen molar-refractivity contribution in [2.75, 3.05) is 13.2 Å². The molecule has 2 N–H and O–H groups in total. The number of halogens is 1. The van der Waals surface area contributed by atoms with E-state index in [4.69, 9.17) is 16.7 Å². The highest BCUT2D eigenvalue weighted by Gasteiger charge is 2.23. The van der Waals surface area contributed by atoms with Crippen LogP contribution in [0.5, 0.6) is 0 Å². The van der Waals surface area contributed by atoms with E-state index >= 15 is 0 Å². The molecule has 6 heteroatoms. The summed E-state index contributed by atoms with van der Waals surface area (Å²) in [5, 5.41) is 11.9. The summed E-state index contributed by atoms with van der Waals surface area (Å²) >= 11 is 5.81. The second-order valence-electron chi connectivity index (χ2n) is 4.46. The molecular formula is C14H19ClN2O3. The summed E-state index contributed by atoms with van der Waals surface area (Å²) in [5.41, 5.74) is 0.895. The van der Waals surface area contributed by atoms with Crippen LogP contribution >= 0.6 is 11.6 Å². The van der Waals surface area contributed by atoms with Crippen molar-refractivity contribution in [1.82, 2.24) is 10.2 Å². The Bertz CT molecular complexity index is 462. The Kier molecular flexibility index (Phi) is 6.48. The van der Waals surface area contributed by atoms with Gasteiger partial charge in [-0.15, -0.1) is 0 Å². The highest BCUT2D eigenvalue weighted by Crippen LogP contribution is 2.13. The van der Waals surface area contributed by atoms with Crippen molar-refractivity contribution >= 4 is 23.4 Å². The number of hydrogen-bond acceptors (Lipinski definition) is 3. The predicted molar refractivity (Wildman–Crippen MR) is 77.2 cm³/mol. The van der Waals surface area contributed by atoms with Gasteiger partial charge in [-0.25, -0.2) is 0 Å². The summed E-state index contributed by atoms with van der Waals surface area (Å²) < 4.78 is 0. The zero-order valence-electron chi connectivity index (χ0n) is 11.6. The molecule has 2 amide bonds. The topological polar surface area (TPSA) is 69.6 Å². The Morgan fingerprint density at radius 2 is 1.95 bits per heavy atom. The first kappa shape index (κ1) is 16.5. The lowest BCUT2D eigenvalue weighted by molar-refractivity contribution is -0.139. The molecule has 20 heavy (non-hydrogen) atoms. The van der Waals surface area contributed by atoms with Crippen molar-refractivity contribution < 1.29 is 14.7 Å². The first-order valence-corrected chi connectivity index (χ1v) is 6.73. The first-order valence-electron chi connectivity index (χ1n) is 6.36. The van der Waals surface area contributed by atoms with E-state index in [2.05, 4.69) is 5.32 Å². The van der Waals surface area contributed by atoms with Crippen LogP contribution in [0.15, 0.2) is 24.3 Å². The van der Waals surface area contributed by atoms with Crippen LogP contribution in [0.1, 0.15) is 19.4 Å². The molecule has 0 aliphatic rings. The van der Waals surface area contributed by atoms with E-state index in [1.54, 1.807) is 19.1 Å². The van der Waals surface area contributed by atoms with Crippen molar-refractivity contribution in [1.29, 1.82) is 0 Å². The Balaban J connectivity index is 2.75. The van der Waals surface area contributed by atoms with Gasteiger partial charge >= 0.3 is 0 Å². The zero-order valence-corrected chi connectivity index (χ0v) is 12.4. The number of rotatable bonds is 6. The first-order chi connectivity index (χ1) is 9.45. The number of nitrogens with one attached hydrogen (secondary N) is 1. The number of aliphatic hydroxyl groups is 1. The van der Waals surface area contributed by atoms with Gasteiger partial charge in [-0.05, 0) is 24.6 Å². The lowest BCUT2D eigenvalue weighted by Crippen LogP contribution is -2.47. The standard InChI is InChI=1S/C14H19ClN2O3/c1-10(14(20)16-7-8-18)17(11(2)19)9-12-3-5-13(15)6-4-12/h3-6,10,18H,7-9H2,1-2H3,(H,16,20)/t10-/m1/s1. The maximum Gasteiger partial charge on any atom is 0.242 e. The normalized spacial score (nSPS) is 11.8. The molecule has 0 heterocycles. The number of nitrogens with zero attached hydrogens (tertiary/aromatic N) is 1. The Hall–Kier alpha value is -1.59. The van der Waals surface area contributed by atoms with Gasteiger partial charge in [0.05, 0.1) is 6.61 Å². The molecular weight excluding hydrogens is 280 g/mol. The lowest BCUT2D eigenvalue weighted by Gasteiger charge is -2.27. The van der Waals surface area contributed by atoms with Crippen molar-refractivity contribution in [2.45, 2.75) is 26.4 Å². The number of carbonyl (C=O) groups is 2. The maximum atomic E-state index is 11.9. The quantitative estimate of drug-likeness (QED) is 0.829. The van der Waals surface area contributed by atoms with Crippen LogP contribution in [0, 0.1) is 0 Å². The molecule has 0 aliphatic heterocycles. The van der Waals surface area contributed by atoms with Crippen LogP contribution < -0.4 is 5.32 Å². The number of benzene rings is 1. The highest BCUT2D eigenvalue weighted by atomic mass is 35.5. The number of carbonyl (C=O) groups excluding carboxylic acids is 2. The third-order valence-electron chi connectivity index (χ3n) is 2.93. The van der Waals surface area contributed by atoms with E-state index in [0.717, 1.165) is 5.56 Å². The van der Waals surface area contributed by atoms with Gasteiger partial charge in [-0.2, -0.15) is 0 Å². The van der Waals surface area contributed by atoms with Gasteiger partial charge in [0.25, 0.3) is 0 Å². The average molecular weight is 299 g/mol. The number of hydrogen-bond donors (Lipinski definition) is 2. The van der Waals surface area contributed by atoms with Crippen molar-refractivity contribution in [3.8, 4) is 0 Å². The van der Waals surface area contributed by atoms with E-state index < -0.39 is 6.04 Å². The molecule has 1 atom stereocenters. The molecule has 0 saturated heterocycles. The second kappa shape index (κ2) is 7.87. The van der Waals surface area contributed by atoms with Crippen LogP contribution in [0.3, 0.4) is 0 Å². The van der Waals surface area contributed by atoms with Gasteiger partial charge in [0, 0.05) is 25.0 Å². The van der Waals surface area contributed by atoms with Crippen LogP contribution in [0.4, 0.5) is 0 Å². The average Bonchev–Trinajstić information content (AvgIpc) is 2.43. The summed E-state index contributed by atoms with van der Waals surface area (Å²) in [6.07, 6.45) is 0. The Morgan fingerprint density at radius 1 is 1.35 bits per heavy atom. The van der Waals surface area contributed by atoms with Crippen LogP contribution in [0.25, 0.3) is 0 Å². The number of amides is 2. The third-order valence-corrected chi connectivity index (χ3v) is 3.18. The summed E-state index contributed by atoms with van der Waals surface area (Å²) in [7, 11) is 0. The van der Waals surface area contributed by atoms with Gasteiger partial charge in [-0.1, -0.05) is 23.7 Å². The van der Waals surface area contributed by atoms with Crippen molar-refractivity contribution in [2.24, 2.45) is 0 Å². The largest absolute Gasteiger partial charge is 0.395 e. The van der Waals surface area contributed by atoms with E-state index in [-0.39, 0.29) is 25.0 Å². The zero-order chi connectivity index (χ0) is 15.1. The minimum Gasteiger partial charge on any atom is -0.395 e. The van der Waals surface area contributed by atoms with Crippen LogP contribution in [-0.2, 0) is 16.1 Å². The molecule has 0 aromatic heterocycles. The summed E-state index contributed by atoms with van der Waals surface area (Å²) in [6.45, 7) is 3.46. The van der Waals surface area contributed by atoms with Gasteiger partial charge in [0.2, 0.25) is 11.8 Å². The van der Waals surface area contributed by atoms with Crippen LogP contribution in [0.2, 0.25) is 5.02 Å². The van der Waals surface area contributed by atoms with E-state index in [1.807, 2.05) is 12.1 Å². The molecule has 0 saturated carbocycles. The van der Waals surface area contributed by atoms with E-state index in [1.165, 1.54) is 11.8 Å². The Labute approximate surface area is 123 Å². The molecule has 0 radical (unpaired) electrons. The van der Waals surface area contributed by atoms with Gasteiger partial charge in [-0.3, -0.25) is 9.59 Å². The molecule has 0 bridgehead atoms. The molecule has 1 aromatic carbocycles. The smallest absolute Gasteiger partial charge is 0.242 e. The molecule has 0 aliphatic carbocycles. The fourth-order valence-electron chi connectivity index (χ4n) is 1.78. The van der Waals surface area contributed by atoms with Crippen LogP contribution in [-0.4, -0.2) is 41.0 Å². The Morgan fingerprint density at radius 3 is 2.45 bits per heavy atom. The van der Waals surface area contributed by atoms with Gasteiger partial charge in [0.1, 0.15) is 6.04 Å². The second-order valence-corrected chi connectivity index (χ2v) is 4.90. The summed E-state index contributed by atoms with van der Waals surface area (Å²) in [5.74, 6) is -0.477. The molecule has 0 fully saturated rings. The highest BCUT2D eigenvalue weighted by molar-refractivity contribution is 6.30. The molecule has 0 spiro atoms.